The second-order valence-corrected chi connectivity index (χ2v) is 6.81. The SMILES string of the molecule is CC(=O)c1ccc2c(c1)N(C(C)C(=O)NC1CCCCC1)C(=O)CO2. The van der Waals surface area contributed by atoms with E-state index < -0.39 is 6.04 Å². The van der Waals surface area contributed by atoms with Crippen molar-refractivity contribution in [1.29, 1.82) is 0 Å². The Bertz CT molecular complexity index is 695. The van der Waals surface area contributed by atoms with Gasteiger partial charge in [-0.25, -0.2) is 0 Å². The maximum Gasteiger partial charge on any atom is 0.265 e. The van der Waals surface area contributed by atoms with Gasteiger partial charge in [0.05, 0.1) is 5.69 Å². The molecule has 25 heavy (non-hydrogen) atoms. The number of nitrogens with one attached hydrogen (secondary N) is 1. The van der Waals surface area contributed by atoms with E-state index in [4.69, 9.17) is 4.74 Å². The van der Waals surface area contributed by atoms with E-state index in [-0.39, 0.29) is 30.2 Å². The maximum atomic E-state index is 12.7. The first-order valence-electron chi connectivity index (χ1n) is 8.87. The molecule has 6 heteroatoms. The van der Waals surface area contributed by atoms with E-state index in [1.165, 1.54) is 18.2 Å². The lowest BCUT2D eigenvalue weighted by atomic mass is 9.95. The van der Waals surface area contributed by atoms with Crippen LogP contribution in [0.1, 0.15) is 56.3 Å². The predicted molar refractivity (Wildman–Crippen MR) is 93.9 cm³/mol. The molecule has 0 saturated heterocycles. The highest BCUT2D eigenvalue weighted by atomic mass is 16.5. The monoisotopic (exact) mass is 344 g/mol. The third kappa shape index (κ3) is 3.67. The molecule has 6 nitrogen and oxygen atoms in total. The summed E-state index contributed by atoms with van der Waals surface area (Å²) in [6, 6.07) is 4.50. The van der Waals surface area contributed by atoms with Crippen LogP contribution in [0, 0.1) is 0 Å². The van der Waals surface area contributed by atoms with Crippen LogP contribution in [-0.4, -0.2) is 36.3 Å². The van der Waals surface area contributed by atoms with Gasteiger partial charge in [0.15, 0.2) is 12.4 Å². The van der Waals surface area contributed by atoms with Gasteiger partial charge < -0.3 is 10.1 Å². The van der Waals surface area contributed by atoms with Crippen LogP contribution < -0.4 is 15.0 Å². The van der Waals surface area contributed by atoms with Gasteiger partial charge in [0.1, 0.15) is 11.8 Å². The van der Waals surface area contributed by atoms with Gasteiger partial charge in [-0.15, -0.1) is 0 Å². The molecular formula is C19H24N2O4. The van der Waals surface area contributed by atoms with Crippen molar-refractivity contribution in [1.82, 2.24) is 5.32 Å². The van der Waals surface area contributed by atoms with Gasteiger partial charge in [0, 0.05) is 11.6 Å². The van der Waals surface area contributed by atoms with Gasteiger partial charge in [0.25, 0.3) is 5.91 Å². The second kappa shape index (κ2) is 7.25. The fraction of sp³-hybridized carbons (Fsp3) is 0.526. The molecule has 0 radical (unpaired) electrons. The number of fused-ring (bicyclic) bond motifs is 1. The fourth-order valence-electron chi connectivity index (χ4n) is 3.50. The minimum absolute atomic E-state index is 0.0971. The third-order valence-electron chi connectivity index (χ3n) is 4.96. The number of Topliss-reactive ketones (excluding diaryl/α,β-unsaturated/α-hetero) is 1. The Hall–Kier alpha value is -2.37. The van der Waals surface area contributed by atoms with Crippen LogP contribution in [0.3, 0.4) is 0 Å². The molecule has 0 bridgehead atoms. The first-order chi connectivity index (χ1) is 12.0. The second-order valence-electron chi connectivity index (χ2n) is 6.81. The van der Waals surface area contributed by atoms with Gasteiger partial charge in [0.2, 0.25) is 5.91 Å². The Morgan fingerprint density at radius 2 is 1.96 bits per heavy atom. The van der Waals surface area contributed by atoms with Crippen LogP contribution in [0.25, 0.3) is 0 Å². The molecular weight excluding hydrogens is 320 g/mol. The van der Waals surface area contributed by atoms with E-state index in [1.54, 1.807) is 25.1 Å². The van der Waals surface area contributed by atoms with Crippen LogP contribution in [0.15, 0.2) is 18.2 Å². The first-order valence-corrected chi connectivity index (χ1v) is 8.87. The summed E-state index contributed by atoms with van der Waals surface area (Å²) in [6.45, 7) is 3.08. The van der Waals surface area contributed by atoms with Crippen LogP contribution in [0.2, 0.25) is 0 Å². The van der Waals surface area contributed by atoms with E-state index in [0.29, 0.717) is 17.0 Å². The smallest absolute Gasteiger partial charge is 0.265 e. The van der Waals surface area contributed by atoms with Gasteiger partial charge in [-0.05, 0) is 44.9 Å². The van der Waals surface area contributed by atoms with E-state index in [9.17, 15) is 14.4 Å². The van der Waals surface area contributed by atoms with Gasteiger partial charge in [-0.3, -0.25) is 19.3 Å². The quantitative estimate of drug-likeness (QED) is 0.851. The van der Waals surface area contributed by atoms with Gasteiger partial charge >= 0.3 is 0 Å². The standard InChI is InChI=1S/C19H24N2O4/c1-12(19(24)20-15-6-4-3-5-7-15)21-16-10-14(13(2)22)8-9-17(16)25-11-18(21)23/h8-10,12,15H,3-7,11H2,1-2H3,(H,20,24). The predicted octanol–water partition coefficient (Wildman–Crippen LogP) is 2.45. The van der Waals surface area contributed by atoms with Crippen molar-refractivity contribution in [2.45, 2.75) is 58.0 Å². The topological polar surface area (TPSA) is 75.7 Å². The largest absolute Gasteiger partial charge is 0.482 e. The molecule has 0 spiro atoms. The summed E-state index contributed by atoms with van der Waals surface area (Å²) >= 11 is 0. The number of ketones is 1. The Morgan fingerprint density at radius 3 is 2.64 bits per heavy atom. The summed E-state index contributed by atoms with van der Waals surface area (Å²) in [5, 5.41) is 3.06. The molecule has 0 aromatic heterocycles. The van der Waals surface area contributed by atoms with Crippen LogP contribution in [0.4, 0.5) is 5.69 Å². The zero-order valence-electron chi connectivity index (χ0n) is 14.7. The Labute approximate surface area is 147 Å². The number of hydrogen-bond acceptors (Lipinski definition) is 4. The number of anilines is 1. The number of carbonyl (C=O) groups excluding carboxylic acids is 3. The Morgan fingerprint density at radius 1 is 1.24 bits per heavy atom. The zero-order valence-corrected chi connectivity index (χ0v) is 14.7. The molecule has 1 aliphatic heterocycles. The highest BCUT2D eigenvalue weighted by Gasteiger charge is 2.34. The molecule has 1 fully saturated rings. The normalized spacial score (nSPS) is 19.0. The summed E-state index contributed by atoms with van der Waals surface area (Å²) < 4.78 is 5.45. The lowest BCUT2D eigenvalue weighted by Crippen LogP contribution is -2.53. The molecule has 1 atom stereocenters. The average Bonchev–Trinajstić information content (AvgIpc) is 2.61. The van der Waals surface area contributed by atoms with Crippen molar-refractivity contribution in [2.75, 3.05) is 11.5 Å². The fourth-order valence-corrected chi connectivity index (χ4v) is 3.50. The molecule has 1 heterocycles. The van der Waals surface area contributed by atoms with E-state index in [2.05, 4.69) is 5.32 Å². The molecule has 1 N–H and O–H groups in total. The number of rotatable bonds is 4. The van der Waals surface area contributed by atoms with Gasteiger partial charge in [-0.1, -0.05) is 19.3 Å². The number of nitrogens with zero attached hydrogens (tertiary/aromatic N) is 1. The molecule has 2 amide bonds. The number of amides is 2. The number of benzene rings is 1. The van der Waals surface area contributed by atoms with E-state index >= 15 is 0 Å². The highest BCUT2D eigenvalue weighted by Crippen LogP contribution is 2.34. The summed E-state index contributed by atoms with van der Waals surface area (Å²) in [5.41, 5.74) is 0.970. The summed E-state index contributed by atoms with van der Waals surface area (Å²) in [7, 11) is 0. The molecule has 1 saturated carbocycles. The van der Waals surface area contributed by atoms with Crippen molar-refractivity contribution in [3.05, 3.63) is 23.8 Å². The van der Waals surface area contributed by atoms with Gasteiger partial charge in [-0.2, -0.15) is 0 Å². The van der Waals surface area contributed by atoms with Crippen molar-refractivity contribution in [3.63, 3.8) is 0 Å². The first kappa shape index (κ1) is 17.5. The summed E-state index contributed by atoms with van der Waals surface area (Å²) in [6.07, 6.45) is 5.44. The summed E-state index contributed by atoms with van der Waals surface area (Å²) in [5.74, 6) is -0.0252. The molecule has 1 aromatic rings. The molecule has 1 aliphatic carbocycles. The lowest BCUT2D eigenvalue weighted by molar-refractivity contribution is -0.128. The zero-order chi connectivity index (χ0) is 18.0. The Balaban J connectivity index is 1.82. The van der Waals surface area contributed by atoms with Crippen molar-refractivity contribution >= 4 is 23.3 Å². The van der Waals surface area contributed by atoms with Crippen molar-refractivity contribution < 1.29 is 19.1 Å². The average molecular weight is 344 g/mol. The molecule has 1 unspecified atom stereocenters. The number of carbonyl (C=O) groups is 3. The summed E-state index contributed by atoms with van der Waals surface area (Å²) in [4.78, 5) is 38.2. The van der Waals surface area contributed by atoms with E-state index in [1.807, 2.05) is 0 Å². The van der Waals surface area contributed by atoms with Crippen molar-refractivity contribution in [2.24, 2.45) is 0 Å². The van der Waals surface area contributed by atoms with Crippen LogP contribution >= 0.6 is 0 Å². The Kier molecular flexibility index (Phi) is 5.06. The molecule has 3 rings (SSSR count). The molecule has 134 valence electrons. The molecule has 2 aliphatic rings. The highest BCUT2D eigenvalue weighted by molar-refractivity contribution is 6.05. The van der Waals surface area contributed by atoms with Crippen molar-refractivity contribution in [3.8, 4) is 5.75 Å². The minimum Gasteiger partial charge on any atom is -0.482 e. The van der Waals surface area contributed by atoms with Crippen LogP contribution in [-0.2, 0) is 9.59 Å². The maximum absolute atomic E-state index is 12.7. The van der Waals surface area contributed by atoms with Crippen LogP contribution in [0.5, 0.6) is 5.75 Å². The molecule has 1 aromatic carbocycles. The number of ether oxygens (including phenoxy) is 1. The minimum atomic E-state index is -0.653. The third-order valence-corrected chi connectivity index (χ3v) is 4.96. The number of hydrogen-bond donors (Lipinski definition) is 1. The lowest BCUT2D eigenvalue weighted by Gasteiger charge is -2.34. The van der Waals surface area contributed by atoms with E-state index in [0.717, 1.165) is 25.7 Å².